The van der Waals surface area contributed by atoms with E-state index in [1.165, 1.54) is 0 Å². The Hall–Kier alpha value is -9.62. The first-order valence-electron chi connectivity index (χ1n) is 27.2. The number of aromatic nitrogens is 8. The normalized spacial score (nSPS) is 13.3. The number of hydrogen-bond acceptors (Lipinski definition) is 16. The van der Waals surface area contributed by atoms with Gasteiger partial charge in [-0.1, -0.05) is 66.2 Å². The molecule has 0 saturated carbocycles. The Morgan fingerprint density at radius 3 is 2.01 bits per heavy atom. The highest BCUT2D eigenvalue weighted by Crippen LogP contribution is 2.34. The van der Waals surface area contributed by atoms with Crippen LogP contribution in [0.25, 0.3) is 33.8 Å². The summed E-state index contributed by atoms with van der Waals surface area (Å²) >= 11 is 0. The zero-order chi connectivity index (χ0) is 57.5. The van der Waals surface area contributed by atoms with Crippen LogP contribution >= 0.6 is 0 Å². The van der Waals surface area contributed by atoms with Gasteiger partial charge in [0.2, 0.25) is 11.9 Å². The van der Waals surface area contributed by atoms with Gasteiger partial charge in [-0.2, -0.15) is 5.26 Å². The Labute approximate surface area is 474 Å². The standard InChI is InChI=1S/C61H64N16O5/c1-38-43(30-62)11-6-16-48(38)53-29-54(73-61(63)72-53)55-37-77(75-74-55)36-45-13-7-12-44(69-45)34-64-25-10-20-57(78)66-27-26-65-31-41-21-23-51(67-32-41)58(79)70-49-17-8-14-46(39(49)2)47-15-9-18-50(40(47)3)71-59(80)52-24-22-42(33-68-52)35-76-28-5-4-19-56(76)60(81)82/h6-9,11-18,21-24,29,32-33,37,56,64-65H,4-5,10,19-20,25-28,31,34-36H2,1-3H3,(H,66,78)(H,70,79)(H,71,80)(H,81,82)(H2,63,72,73)/t56-/m0/s1. The molecule has 8 aromatic rings. The largest absolute Gasteiger partial charge is 0.480 e. The third kappa shape index (κ3) is 14.6. The van der Waals surface area contributed by atoms with Gasteiger partial charge in [-0.15, -0.1) is 5.10 Å². The number of likely N-dealkylation sites (tertiary alicyclic amines) is 1. The number of carbonyl (C=O) groups is 4. The van der Waals surface area contributed by atoms with Crippen LogP contribution in [-0.4, -0.2) is 106 Å². The molecule has 6 heterocycles. The number of piperidine rings is 1. The fourth-order valence-electron chi connectivity index (χ4n) is 9.85. The maximum atomic E-state index is 13.4. The number of rotatable bonds is 23. The third-order valence-electron chi connectivity index (χ3n) is 14.3. The summed E-state index contributed by atoms with van der Waals surface area (Å²) in [5, 5.41) is 43.4. The molecule has 8 N–H and O–H groups in total. The summed E-state index contributed by atoms with van der Waals surface area (Å²) in [5.74, 6) is -1.49. The van der Waals surface area contributed by atoms with Crippen molar-refractivity contribution in [1.82, 2.24) is 60.8 Å². The lowest BCUT2D eigenvalue weighted by molar-refractivity contribution is -0.144. The molecule has 1 saturated heterocycles. The van der Waals surface area contributed by atoms with E-state index >= 15 is 0 Å². The zero-order valence-electron chi connectivity index (χ0n) is 45.9. The van der Waals surface area contributed by atoms with Gasteiger partial charge >= 0.3 is 5.97 Å². The number of pyridine rings is 3. The van der Waals surface area contributed by atoms with Crippen molar-refractivity contribution in [1.29, 1.82) is 5.26 Å². The first-order valence-corrected chi connectivity index (χ1v) is 27.2. The van der Waals surface area contributed by atoms with Crippen LogP contribution in [0.1, 0.15) is 97.8 Å². The molecule has 1 fully saturated rings. The van der Waals surface area contributed by atoms with E-state index in [1.54, 1.807) is 47.5 Å². The molecule has 82 heavy (non-hydrogen) atoms. The van der Waals surface area contributed by atoms with Gasteiger partial charge in [0.25, 0.3) is 11.8 Å². The molecule has 0 unspecified atom stereocenters. The maximum absolute atomic E-state index is 13.4. The first-order chi connectivity index (χ1) is 39.8. The average Bonchev–Trinajstić information content (AvgIpc) is 4.12. The topological polar surface area (TPSA) is 297 Å². The number of amides is 3. The van der Waals surface area contributed by atoms with Crippen molar-refractivity contribution in [2.24, 2.45) is 0 Å². The fourth-order valence-corrected chi connectivity index (χ4v) is 9.85. The van der Waals surface area contributed by atoms with Crippen LogP contribution in [0.4, 0.5) is 17.3 Å². The molecule has 21 heteroatoms. The lowest BCUT2D eigenvalue weighted by Crippen LogP contribution is -2.44. The molecule has 1 aliphatic rings. The van der Waals surface area contributed by atoms with E-state index in [0.717, 1.165) is 68.7 Å². The predicted molar refractivity (Wildman–Crippen MR) is 311 cm³/mol. The number of anilines is 3. The second-order valence-electron chi connectivity index (χ2n) is 20.1. The number of nitrogens with zero attached hydrogens (tertiary/aromatic N) is 10. The lowest BCUT2D eigenvalue weighted by Gasteiger charge is -2.32. The van der Waals surface area contributed by atoms with Crippen LogP contribution in [0.3, 0.4) is 0 Å². The average molecular weight is 1100 g/mol. The predicted octanol–water partition coefficient (Wildman–Crippen LogP) is 7.40. The molecule has 21 nitrogen and oxygen atoms in total. The van der Waals surface area contributed by atoms with E-state index < -0.39 is 12.0 Å². The van der Waals surface area contributed by atoms with Crippen LogP contribution in [0, 0.1) is 32.1 Å². The number of nitrogens with two attached hydrogens (primary N) is 1. The Balaban J connectivity index is 0.665. The molecule has 3 aromatic carbocycles. The van der Waals surface area contributed by atoms with Crippen LogP contribution in [0.2, 0.25) is 0 Å². The van der Waals surface area contributed by atoms with E-state index in [2.05, 4.69) is 62.9 Å². The van der Waals surface area contributed by atoms with E-state index in [4.69, 9.17) is 10.7 Å². The molecule has 1 aliphatic heterocycles. The third-order valence-corrected chi connectivity index (χ3v) is 14.3. The summed E-state index contributed by atoms with van der Waals surface area (Å²) in [6, 6.07) is 33.1. The molecule has 418 valence electrons. The highest BCUT2D eigenvalue weighted by Gasteiger charge is 2.28. The van der Waals surface area contributed by atoms with Crippen molar-refractivity contribution in [3.05, 3.63) is 178 Å². The summed E-state index contributed by atoms with van der Waals surface area (Å²) in [6.45, 7) is 9.95. The summed E-state index contributed by atoms with van der Waals surface area (Å²) in [6.07, 6.45) is 8.56. The Morgan fingerprint density at radius 1 is 0.683 bits per heavy atom. The minimum atomic E-state index is -0.816. The fraction of sp³-hybridized carbons (Fsp3) is 0.279. The van der Waals surface area contributed by atoms with Gasteiger partial charge in [0.15, 0.2) is 0 Å². The number of benzene rings is 3. The Bertz CT molecular complexity index is 3640. The molecule has 1 atom stereocenters. The van der Waals surface area contributed by atoms with Gasteiger partial charge in [0, 0.05) is 68.5 Å². The van der Waals surface area contributed by atoms with Crippen molar-refractivity contribution in [2.75, 3.05) is 42.5 Å². The lowest BCUT2D eigenvalue weighted by atomic mass is 9.94. The van der Waals surface area contributed by atoms with E-state index in [-0.39, 0.29) is 35.1 Å². The number of carbonyl (C=O) groups excluding carboxylic acids is 3. The van der Waals surface area contributed by atoms with Gasteiger partial charge < -0.3 is 37.4 Å². The second kappa shape index (κ2) is 27.0. The second-order valence-corrected chi connectivity index (χ2v) is 20.1. The van der Waals surface area contributed by atoms with Gasteiger partial charge in [-0.05, 0) is 141 Å². The first kappa shape index (κ1) is 57.1. The van der Waals surface area contributed by atoms with Crippen molar-refractivity contribution < 1.29 is 24.3 Å². The number of hydrogen-bond donors (Lipinski definition) is 7. The van der Waals surface area contributed by atoms with E-state index in [9.17, 15) is 29.5 Å². The van der Waals surface area contributed by atoms with Crippen LogP contribution in [0.15, 0.2) is 122 Å². The van der Waals surface area contributed by atoms with Crippen molar-refractivity contribution in [3.8, 4) is 39.8 Å². The van der Waals surface area contributed by atoms with Gasteiger partial charge in [0.05, 0.1) is 47.1 Å². The minimum absolute atomic E-state index is 0.0361. The number of nitrogens with one attached hydrogen (secondary N) is 5. The minimum Gasteiger partial charge on any atom is -0.480 e. The van der Waals surface area contributed by atoms with Gasteiger partial charge in [-0.25, -0.2) is 14.6 Å². The smallest absolute Gasteiger partial charge is 0.320 e. The molecule has 0 bridgehead atoms. The highest BCUT2D eigenvalue weighted by molar-refractivity contribution is 6.05. The van der Waals surface area contributed by atoms with Gasteiger partial charge in [0.1, 0.15) is 23.1 Å². The Kier molecular flexibility index (Phi) is 18.8. The van der Waals surface area contributed by atoms with Crippen LogP contribution < -0.4 is 32.3 Å². The molecule has 0 spiro atoms. The number of aliphatic carboxylic acids is 1. The van der Waals surface area contributed by atoms with E-state index in [1.807, 2.05) is 105 Å². The summed E-state index contributed by atoms with van der Waals surface area (Å²) in [5.41, 5.74) is 18.4. The number of nitriles is 1. The molecule has 3 amide bonds. The zero-order valence-corrected chi connectivity index (χ0v) is 45.9. The number of carboxylic acid groups (broad SMARTS) is 1. The molecular formula is C61H64N16O5. The molecule has 0 radical (unpaired) electrons. The SMILES string of the molecule is Cc1c(C#N)cccc1-c1cc(-c2cn(Cc3cccc(CNCCCC(=O)NCCNCc4ccc(C(=O)Nc5cccc(-c6cccc(NC(=O)c7ccc(CN8CCCC[C@H]8C(=O)O)cn7)c6C)c5C)nc4)n3)nn2)nc(N)n1. The summed E-state index contributed by atoms with van der Waals surface area (Å²) in [7, 11) is 0. The van der Waals surface area contributed by atoms with Crippen molar-refractivity contribution >= 4 is 41.0 Å². The summed E-state index contributed by atoms with van der Waals surface area (Å²) in [4.78, 5) is 75.5. The molecule has 5 aromatic heterocycles. The quantitative estimate of drug-likeness (QED) is 0.0307. The van der Waals surface area contributed by atoms with E-state index in [0.29, 0.717) is 106 Å². The molecule has 9 rings (SSSR count). The van der Waals surface area contributed by atoms with Crippen molar-refractivity contribution in [2.45, 2.75) is 85.1 Å². The maximum Gasteiger partial charge on any atom is 0.320 e. The Morgan fingerprint density at radius 2 is 1.33 bits per heavy atom. The molecular weight excluding hydrogens is 1040 g/mol. The van der Waals surface area contributed by atoms with Crippen molar-refractivity contribution in [3.63, 3.8) is 0 Å². The van der Waals surface area contributed by atoms with Gasteiger partial charge in [-0.3, -0.25) is 39.0 Å². The number of nitrogen functional groups attached to an aromatic ring is 1. The molecule has 0 aliphatic carbocycles. The van der Waals surface area contributed by atoms with Crippen LogP contribution in [0.5, 0.6) is 0 Å². The van der Waals surface area contributed by atoms with Crippen LogP contribution in [-0.2, 0) is 35.8 Å². The summed E-state index contributed by atoms with van der Waals surface area (Å²) < 4.78 is 1.68. The highest BCUT2D eigenvalue weighted by atomic mass is 16.4. The number of carboxylic acids is 1. The monoisotopic (exact) mass is 1100 g/mol.